The molecule has 1 N–H and O–H groups in total. The number of rotatable bonds is 4. The summed E-state index contributed by atoms with van der Waals surface area (Å²) in [7, 11) is -4.03. The Morgan fingerprint density at radius 1 is 1.09 bits per heavy atom. The van der Waals surface area contributed by atoms with Crippen molar-refractivity contribution < 1.29 is 27.9 Å². The topological polar surface area (TPSA) is 106 Å². The van der Waals surface area contributed by atoms with E-state index in [4.69, 9.17) is 4.74 Å². The molecular formula is C25H28N2O6S. The van der Waals surface area contributed by atoms with Crippen LogP contribution in [-0.4, -0.2) is 46.6 Å². The number of aliphatic carboxylic acids is 1. The molecule has 1 aliphatic rings. The number of carboxylic acid groups (broad SMARTS) is 1. The second kappa shape index (κ2) is 8.56. The van der Waals surface area contributed by atoms with Crippen molar-refractivity contribution >= 4 is 33.0 Å². The first-order chi connectivity index (χ1) is 15.9. The molecule has 0 saturated heterocycles. The Labute approximate surface area is 198 Å². The summed E-state index contributed by atoms with van der Waals surface area (Å²) in [5.74, 6) is -1.16. The number of benzene rings is 2. The largest absolute Gasteiger partial charge is 0.481 e. The van der Waals surface area contributed by atoms with Crippen molar-refractivity contribution in [1.29, 1.82) is 0 Å². The quantitative estimate of drug-likeness (QED) is 0.585. The average molecular weight is 485 g/mol. The molecule has 1 atom stereocenters. The number of carbonyl (C=O) groups is 2. The SMILES string of the molecule is Cc1ccc(S(=O)(=O)N2CCc3c(n(C(=O)OC(C)(C)C)c4ccccc34)C2CC(=O)O)cc1. The monoisotopic (exact) mass is 484 g/mol. The van der Waals surface area contributed by atoms with Gasteiger partial charge in [0, 0.05) is 11.9 Å². The van der Waals surface area contributed by atoms with Crippen LogP contribution in [0.4, 0.5) is 4.79 Å². The third-order valence-corrected chi connectivity index (χ3v) is 7.76. The number of aromatic nitrogens is 1. The molecule has 0 radical (unpaired) electrons. The molecule has 3 aromatic rings. The Morgan fingerprint density at radius 2 is 1.74 bits per heavy atom. The number of para-hydroxylation sites is 1. The number of ether oxygens (including phenoxy) is 1. The first-order valence-corrected chi connectivity index (χ1v) is 12.5. The number of hydrogen-bond donors (Lipinski definition) is 1. The van der Waals surface area contributed by atoms with Crippen molar-refractivity contribution in [2.24, 2.45) is 0 Å². The maximum Gasteiger partial charge on any atom is 0.419 e. The number of nitrogens with zero attached hydrogens (tertiary/aromatic N) is 2. The fourth-order valence-electron chi connectivity index (χ4n) is 4.46. The molecule has 4 rings (SSSR count). The van der Waals surface area contributed by atoms with E-state index >= 15 is 0 Å². The normalized spacial score (nSPS) is 16.9. The third kappa shape index (κ3) is 4.33. The van der Waals surface area contributed by atoms with E-state index in [1.54, 1.807) is 45.0 Å². The Balaban J connectivity index is 1.94. The molecule has 0 amide bonds. The van der Waals surface area contributed by atoms with Gasteiger partial charge in [0.1, 0.15) is 5.60 Å². The van der Waals surface area contributed by atoms with Crippen LogP contribution in [0.25, 0.3) is 10.9 Å². The van der Waals surface area contributed by atoms with Gasteiger partial charge in [0.25, 0.3) is 0 Å². The minimum Gasteiger partial charge on any atom is -0.481 e. The Hall–Kier alpha value is -3.17. The lowest BCUT2D eigenvalue weighted by Gasteiger charge is -2.35. The van der Waals surface area contributed by atoms with Gasteiger partial charge in [-0.05, 0) is 57.9 Å². The van der Waals surface area contributed by atoms with Crippen molar-refractivity contribution in [1.82, 2.24) is 8.87 Å². The van der Waals surface area contributed by atoms with Gasteiger partial charge in [-0.3, -0.25) is 4.79 Å². The summed E-state index contributed by atoms with van der Waals surface area (Å²) in [6, 6.07) is 12.6. The highest BCUT2D eigenvalue weighted by atomic mass is 32.2. The Bertz CT molecular complexity index is 1370. The van der Waals surface area contributed by atoms with Gasteiger partial charge >= 0.3 is 12.1 Å². The van der Waals surface area contributed by atoms with E-state index < -0.39 is 40.1 Å². The smallest absolute Gasteiger partial charge is 0.419 e. The number of hydrogen-bond acceptors (Lipinski definition) is 5. The Kier molecular flexibility index (Phi) is 6.03. The maximum absolute atomic E-state index is 13.6. The van der Waals surface area contributed by atoms with Gasteiger partial charge in [-0.1, -0.05) is 35.9 Å². The van der Waals surface area contributed by atoms with E-state index in [0.717, 1.165) is 16.5 Å². The van der Waals surface area contributed by atoms with Gasteiger partial charge < -0.3 is 9.84 Å². The molecular weight excluding hydrogens is 456 g/mol. The van der Waals surface area contributed by atoms with Gasteiger partial charge in [-0.15, -0.1) is 0 Å². The number of carboxylic acids is 1. The van der Waals surface area contributed by atoms with Crippen LogP contribution >= 0.6 is 0 Å². The van der Waals surface area contributed by atoms with Gasteiger partial charge in [0.2, 0.25) is 10.0 Å². The molecule has 1 aliphatic heterocycles. The van der Waals surface area contributed by atoms with E-state index in [2.05, 4.69) is 0 Å². The molecule has 0 aliphatic carbocycles. The minimum absolute atomic E-state index is 0.0804. The highest BCUT2D eigenvalue weighted by Crippen LogP contribution is 2.41. The highest BCUT2D eigenvalue weighted by Gasteiger charge is 2.42. The molecule has 2 heterocycles. The summed E-state index contributed by atoms with van der Waals surface area (Å²) in [6.07, 6.45) is -0.820. The van der Waals surface area contributed by atoms with Gasteiger partial charge in [-0.25, -0.2) is 17.8 Å². The standard InChI is InChI=1S/C25H28N2O6S/c1-16-9-11-17(12-10-16)34(31,32)26-14-13-19-18-7-5-6-8-20(18)27(24(30)33-25(2,3)4)23(19)21(26)15-22(28)29/h5-12,21H,13-15H2,1-4H3,(H,28,29). The van der Waals surface area contributed by atoms with Crippen molar-refractivity contribution in [3.8, 4) is 0 Å². The zero-order valence-electron chi connectivity index (χ0n) is 19.6. The number of aryl methyl sites for hydroxylation is 1. The molecule has 1 aromatic heterocycles. The van der Waals surface area contributed by atoms with Crippen LogP contribution in [0.5, 0.6) is 0 Å². The van der Waals surface area contributed by atoms with Crippen LogP contribution < -0.4 is 0 Å². The summed E-state index contributed by atoms with van der Waals surface area (Å²) in [5, 5.41) is 10.5. The molecule has 1 unspecified atom stereocenters. The number of sulfonamides is 1. The zero-order chi connectivity index (χ0) is 24.8. The van der Waals surface area contributed by atoms with Crippen LogP contribution in [0.1, 0.15) is 50.1 Å². The summed E-state index contributed by atoms with van der Waals surface area (Å²) in [6.45, 7) is 7.18. The number of carbonyl (C=O) groups excluding carboxylic acids is 1. The second-order valence-electron chi connectivity index (χ2n) is 9.49. The molecule has 180 valence electrons. The molecule has 2 aromatic carbocycles. The summed E-state index contributed by atoms with van der Waals surface area (Å²) < 4.78 is 35.5. The van der Waals surface area contributed by atoms with Gasteiger partial charge in [0.15, 0.2) is 0 Å². The van der Waals surface area contributed by atoms with Crippen molar-refractivity contribution in [3.05, 3.63) is 65.4 Å². The maximum atomic E-state index is 13.6. The third-order valence-electron chi connectivity index (χ3n) is 5.84. The molecule has 8 nitrogen and oxygen atoms in total. The van der Waals surface area contributed by atoms with Crippen molar-refractivity contribution in [2.45, 2.75) is 57.1 Å². The summed E-state index contributed by atoms with van der Waals surface area (Å²) in [4.78, 5) is 25.3. The summed E-state index contributed by atoms with van der Waals surface area (Å²) in [5.41, 5.74) is 1.79. The minimum atomic E-state index is -4.03. The lowest BCUT2D eigenvalue weighted by Crippen LogP contribution is -2.42. The summed E-state index contributed by atoms with van der Waals surface area (Å²) >= 11 is 0. The lowest BCUT2D eigenvalue weighted by atomic mass is 9.97. The molecule has 0 spiro atoms. The van der Waals surface area contributed by atoms with Gasteiger partial charge in [-0.2, -0.15) is 4.31 Å². The number of fused-ring (bicyclic) bond motifs is 3. The molecule has 9 heteroatoms. The fourth-order valence-corrected chi connectivity index (χ4v) is 6.05. The molecule has 34 heavy (non-hydrogen) atoms. The molecule has 0 fully saturated rings. The van der Waals surface area contributed by atoms with Crippen LogP contribution in [0.15, 0.2) is 53.4 Å². The van der Waals surface area contributed by atoms with Crippen molar-refractivity contribution in [3.63, 3.8) is 0 Å². The van der Waals surface area contributed by atoms with Crippen LogP contribution in [0.3, 0.4) is 0 Å². The predicted molar refractivity (Wildman–Crippen MR) is 127 cm³/mol. The van der Waals surface area contributed by atoms with Crippen molar-refractivity contribution in [2.75, 3.05) is 6.54 Å². The lowest BCUT2D eigenvalue weighted by molar-refractivity contribution is -0.138. The molecule has 0 bridgehead atoms. The Morgan fingerprint density at radius 3 is 2.35 bits per heavy atom. The van der Waals surface area contributed by atoms with E-state index in [1.165, 1.54) is 21.0 Å². The predicted octanol–water partition coefficient (Wildman–Crippen LogP) is 4.50. The first-order valence-electron chi connectivity index (χ1n) is 11.1. The van der Waals surface area contributed by atoms with E-state index in [0.29, 0.717) is 17.6 Å². The van der Waals surface area contributed by atoms with Crippen LogP contribution in [0, 0.1) is 6.92 Å². The van der Waals surface area contributed by atoms with Crippen LogP contribution in [0.2, 0.25) is 0 Å². The van der Waals surface area contributed by atoms with Gasteiger partial charge in [0.05, 0.1) is 28.6 Å². The first kappa shape index (κ1) is 24.0. The van der Waals surface area contributed by atoms with Crippen LogP contribution in [-0.2, 0) is 26.0 Å². The van der Waals surface area contributed by atoms with E-state index in [-0.39, 0.29) is 11.4 Å². The molecule has 0 saturated carbocycles. The second-order valence-corrected chi connectivity index (χ2v) is 11.4. The zero-order valence-corrected chi connectivity index (χ0v) is 20.4. The van der Waals surface area contributed by atoms with E-state index in [1.807, 2.05) is 19.1 Å². The highest BCUT2D eigenvalue weighted by molar-refractivity contribution is 7.89. The average Bonchev–Trinajstić information content (AvgIpc) is 3.08. The van der Waals surface area contributed by atoms with E-state index in [9.17, 15) is 23.1 Å². The fraction of sp³-hybridized carbons (Fsp3) is 0.360.